The van der Waals surface area contributed by atoms with Crippen LogP contribution in [0.1, 0.15) is 17.2 Å². The van der Waals surface area contributed by atoms with Crippen LogP contribution in [0.4, 0.5) is 11.4 Å². The molecule has 2 aromatic carbocycles. The Morgan fingerprint density at radius 2 is 1.67 bits per heavy atom. The largest absolute Gasteiger partial charge is 0.273 e. The number of pyridine rings is 1. The van der Waals surface area contributed by atoms with E-state index in [0.29, 0.717) is 10.7 Å². The maximum atomic E-state index is 13.5. The smallest absolute Gasteiger partial charge is 0.266 e. The van der Waals surface area contributed by atoms with Gasteiger partial charge in [-0.15, -0.1) is 0 Å². The molecule has 0 bridgehead atoms. The molecule has 150 valence electrons. The summed E-state index contributed by atoms with van der Waals surface area (Å²) in [7, 11) is 0. The molecule has 7 heteroatoms. The van der Waals surface area contributed by atoms with Gasteiger partial charge in [-0.25, -0.2) is 9.96 Å². The standard InChI is InChI=1S/C23H18ClN3O3/c1-14-7-8-17(13-18(14)24)26-22(28)19-20(15-9-11-25-12-10-15)27(30-21(19)23(26)29)16-5-3-2-4-6-16/h2-13,19-21H,1H3/t19-,20-,21-/m1/s1. The number of nitrogens with zero attached hydrogens (tertiary/aromatic N) is 3. The van der Waals surface area contributed by atoms with Gasteiger partial charge in [-0.05, 0) is 54.4 Å². The Balaban J connectivity index is 1.58. The van der Waals surface area contributed by atoms with E-state index in [9.17, 15) is 9.59 Å². The summed E-state index contributed by atoms with van der Waals surface area (Å²) in [6.07, 6.45) is 2.44. The van der Waals surface area contributed by atoms with Gasteiger partial charge >= 0.3 is 0 Å². The molecular formula is C23H18ClN3O3. The zero-order valence-corrected chi connectivity index (χ0v) is 16.9. The van der Waals surface area contributed by atoms with Crippen molar-refractivity contribution in [3.63, 3.8) is 0 Å². The zero-order chi connectivity index (χ0) is 20.8. The molecule has 0 N–H and O–H groups in total. The van der Waals surface area contributed by atoms with E-state index in [2.05, 4.69) is 4.98 Å². The highest BCUT2D eigenvalue weighted by atomic mass is 35.5. The molecule has 6 nitrogen and oxygen atoms in total. The van der Waals surface area contributed by atoms with Crippen molar-refractivity contribution in [3.05, 3.63) is 89.2 Å². The number of aryl methyl sites for hydroxylation is 1. The third-order valence-corrected chi connectivity index (χ3v) is 5.99. The number of para-hydroxylation sites is 1. The minimum Gasteiger partial charge on any atom is -0.273 e. The fraction of sp³-hybridized carbons (Fsp3) is 0.174. The van der Waals surface area contributed by atoms with Gasteiger partial charge in [0.25, 0.3) is 5.91 Å². The lowest BCUT2D eigenvalue weighted by atomic mass is 9.91. The third-order valence-electron chi connectivity index (χ3n) is 5.59. The number of anilines is 2. The topological polar surface area (TPSA) is 62.7 Å². The number of benzene rings is 2. The lowest BCUT2D eigenvalue weighted by Gasteiger charge is -2.28. The van der Waals surface area contributed by atoms with E-state index < -0.39 is 18.1 Å². The van der Waals surface area contributed by atoms with Gasteiger partial charge in [-0.1, -0.05) is 35.9 Å². The molecule has 3 aromatic rings. The van der Waals surface area contributed by atoms with Crippen molar-refractivity contribution in [2.45, 2.75) is 19.1 Å². The Bertz CT molecular complexity index is 1120. The van der Waals surface area contributed by atoms with Crippen molar-refractivity contribution in [2.75, 3.05) is 9.96 Å². The summed E-state index contributed by atoms with van der Waals surface area (Å²) in [5, 5.41) is 2.17. The maximum Gasteiger partial charge on any atom is 0.266 e. The van der Waals surface area contributed by atoms with Crippen LogP contribution in [-0.4, -0.2) is 22.9 Å². The van der Waals surface area contributed by atoms with Crippen molar-refractivity contribution < 1.29 is 14.4 Å². The van der Waals surface area contributed by atoms with Crippen LogP contribution in [0.3, 0.4) is 0 Å². The first kappa shape index (κ1) is 18.8. The lowest BCUT2D eigenvalue weighted by molar-refractivity contribution is -0.126. The van der Waals surface area contributed by atoms with Crippen LogP contribution in [0.25, 0.3) is 0 Å². The molecule has 2 fully saturated rings. The number of hydrogen-bond acceptors (Lipinski definition) is 5. The van der Waals surface area contributed by atoms with E-state index in [1.807, 2.05) is 49.4 Å². The number of hydroxylamine groups is 1. The summed E-state index contributed by atoms with van der Waals surface area (Å²) in [4.78, 5) is 38.1. The third kappa shape index (κ3) is 2.88. The maximum absolute atomic E-state index is 13.5. The predicted octanol–water partition coefficient (Wildman–Crippen LogP) is 4.09. The quantitative estimate of drug-likeness (QED) is 0.598. The second-order valence-corrected chi connectivity index (χ2v) is 7.79. The van der Waals surface area contributed by atoms with Gasteiger partial charge in [0.1, 0.15) is 5.92 Å². The van der Waals surface area contributed by atoms with E-state index in [1.165, 1.54) is 4.90 Å². The highest BCUT2D eigenvalue weighted by Crippen LogP contribution is 2.47. The second-order valence-electron chi connectivity index (χ2n) is 7.38. The summed E-state index contributed by atoms with van der Waals surface area (Å²) in [6.45, 7) is 1.87. The van der Waals surface area contributed by atoms with Gasteiger partial charge in [-0.2, -0.15) is 0 Å². The average Bonchev–Trinajstić information content (AvgIpc) is 3.28. The number of rotatable bonds is 3. The number of fused-ring (bicyclic) bond motifs is 1. The fourth-order valence-electron chi connectivity index (χ4n) is 4.09. The molecule has 30 heavy (non-hydrogen) atoms. The van der Waals surface area contributed by atoms with Crippen molar-refractivity contribution in [2.24, 2.45) is 5.92 Å². The molecule has 2 saturated heterocycles. The molecule has 3 atom stereocenters. The van der Waals surface area contributed by atoms with E-state index >= 15 is 0 Å². The van der Waals surface area contributed by atoms with E-state index in [0.717, 1.165) is 16.8 Å². The Labute approximate surface area is 178 Å². The van der Waals surface area contributed by atoms with Gasteiger partial charge in [0.2, 0.25) is 5.91 Å². The molecule has 2 amide bonds. The van der Waals surface area contributed by atoms with Gasteiger partial charge < -0.3 is 0 Å². The summed E-state index contributed by atoms with van der Waals surface area (Å²) < 4.78 is 0. The molecule has 2 aliphatic heterocycles. The number of hydrogen-bond donors (Lipinski definition) is 0. The second kappa shape index (κ2) is 7.23. The molecule has 5 rings (SSSR count). The van der Waals surface area contributed by atoms with Crippen LogP contribution in [0.15, 0.2) is 73.1 Å². The SMILES string of the molecule is Cc1ccc(N2C(=O)[C@@H]3[C@@H](c4ccncc4)N(c4ccccc4)O[C@H]3C2=O)cc1Cl. The first-order valence-electron chi connectivity index (χ1n) is 9.61. The van der Waals surface area contributed by atoms with Crippen molar-refractivity contribution in [3.8, 4) is 0 Å². The average molecular weight is 420 g/mol. The zero-order valence-electron chi connectivity index (χ0n) is 16.1. The molecular weight excluding hydrogens is 402 g/mol. The lowest BCUT2D eigenvalue weighted by Crippen LogP contribution is -2.37. The Morgan fingerprint density at radius 1 is 0.933 bits per heavy atom. The molecule has 0 aliphatic carbocycles. The minimum atomic E-state index is -0.907. The van der Waals surface area contributed by atoms with E-state index in [1.54, 1.807) is 35.7 Å². The highest BCUT2D eigenvalue weighted by Gasteiger charge is 2.60. The predicted molar refractivity (Wildman–Crippen MR) is 113 cm³/mol. The fourth-order valence-corrected chi connectivity index (χ4v) is 4.26. The van der Waals surface area contributed by atoms with Crippen molar-refractivity contribution in [1.29, 1.82) is 0 Å². The normalized spacial score (nSPS) is 23.2. The number of aromatic nitrogens is 1. The molecule has 0 unspecified atom stereocenters. The van der Waals surface area contributed by atoms with E-state index in [-0.39, 0.29) is 11.8 Å². The van der Waals surface area contributed by atoms with Crippen molar-refractivity contribution >= 4 is 34.8 Å². The summed E-state index contributed by atoms with van der Waals surface area (Å²) in [5.41, 5.74) is 2.96. The number of amides is 2. The van der Waals surface area contributed by atoms with Crippen LogP contribution in [0, 0.1) is 12.8 Å². The van der Waals surface area contributed by atoms with Crippen molar-refractivity contribution in [1.82, 2.24) is 4.98 Å². The summed E-state index contributed by atoms with van der Waals surface area (Å²) in [6, 6.07) is 17.9. The summed E-state index contributed by atoms with van der Waals surface area (Å²) >= 11 is 6.24. The van der Waals surface area contributed by atoms with Gasteiger partial charge in [0.05, 0.1) is 17.4 Å². The minimum absolute atomic E-state index is 0.301. The number of carbonyl (C=O) groups is 2. The summed E-state index contributed by atoms with van der Waals surface area (Å²) in [5.74, 6) is -1.37. The van der Waals surface area contributed by atoms with Gasteiger partial charge in [0.15, 0.2) is 6.10 Å². The molecule has 0 spiro atoms. The van der Waals surface area contributed by atoms with E-state index in [4.69, 9.17) is 16.4 Å². The molecule has 3 heterocycles. The molecule has 2 aliphatic rings. The van der Waals surface area contributed by atoms with Crippen LogP contribution in [-0.2, 0) is 14.4 Å². The highest BCUT2D eigenvalue weighted by molar-refractivity contribution is 6.32. The molecule has 0 radical (unpaired) electrons. The number of imide groups is 1. The first-order valence-corrected chi connectivity index (χ1v) is 9.99. The molecule has 1 aromatic heterocycles. The number of carbonyl (C=O) groups excluding carboxylic acids is 2. The Morgan fingerprint density at radius 3 is 2.37 bits per heavy atom. The number of halogens is 1. The van der Waals surface area contributed by atoms with Crippen LogP contribution in [0.5, 0.6) is 0 Å². The Hall–Kier alpha value is -3.22. The first-order chi connectivity index (χ1) is 14.6. The van der Waals surface area contributed by atoms with Crippen LogP contribution >= 0.6 is 11.6 Å². The Kier molecular flexibility index (Phi) is 4.53. The monoisotopic (exact) mass is 419 g/mol. The van der Waals surface area contributed by atoms with Crippen LogP contribution in [0.2, 0.25) is 5.02 Å². The van der Waals surface area contributed by atoms with Gasteiger partial charge in [-0.3, -0.25) is 19.4 Å². The van der Waals surface area contributed by atoms with Crippen LogP contribution < -0.4 is 9.96 Å². The van der Waals surface area contributed by atoms with Gasteiger partial charge in [0, 0.05) is 17.4 Å². The molecule has 0 saturated carbocycles.